The lowest BCUT2D eigenvalue weighted by atomic mass is 10.1. The molecular formula is C12H11N3O4. The van der Waals surface area contributed by atoms with Crippen molar-refractivity contribution in [3.8, 4) is 0 Å². The van der Waals surface area contributed by atoms with Crippen molar-refractivity contribution in [2.75, 3.05) is 0 Å². The number of hydrogen-bond acceptors (Lipinski definition) is 4. The van der Waals surface area contributed by atoms with Crippen LogP contribution in [0, 0.1) is 10.1 Å². The van der Waals surface area contributed by atoms with Crippen LogP contribution in [0.2, 0.25) is 0 Å². The standard InChI is InChI=1S/C12H11N3O4/c1-13-6-7-14(12(13)17)8-11(16)9-2-4-10(5-3-9)15(18)19/h2-7H,8H2,1H3. The summed E-state index contributed by atoms with van der Waals surface area (Å²) < 4.78 is 2.65. The Balaban J connectivity index is 2.18. The molecule has 0 aliphatic rings. The van der Waals surface area contributed by atoms with Crippen molar-refractivity contribution >= 4 is 11.5 Å². The summed E-state index contributed by atoms with van der Waals surface area (Å²) in [7, 11) is 1.59. The number of imidazole rings is 1. The fourth-order valence-corrected chi connectivity index (χ4v) is 1.65. The van der Waals surface area contributed by atoms with E-state index in [4.69, 9.17) is 0 Å². The zero-order valence-corrected chi connectivity index (χ0v) is 10.1. The van der Waals surface area contributed by atoms with E-state index in [-0.39, 0.29) is 23.7 Å². The highest BCUT2D eigenvalue weighted by atomic mass is 16.6. The van der Waals surface area contributed by atoms with Crippen LogP contribution in [-0.4, -0.2) is 19.8 Å². The van der Waals surface area contributed by atoms with Gasteiger partial charge in [0.05, 0.1) is 11.5 Å². The highest BCUT2D eigenvalue weighted by Gasteiger charge is 2.11. The van der Waals surface area contributed by atoms with Crippen molar-refractivity contribution in [3.63, 3.8) is 0 Å². The molecule has 98 valence electrons. The van der Waals surface area contributed by atoms with Crippen molar-refractivity contribution in [3.05, 3.63) is 62.8 Å². The first-order valence-corrected chi connectivity index (χ1v) is 5.48. The minimum absolute atomic E-state index is 0.0755. The van der Waals surface area contributed by atoms with Crippen LogP contribution >= 0.6 is 0 Å². The molecule has 0 radical (unpaired) electrons. The number of hydrogen-bond donors (Lipinski definition) is 0. The van der Waals surface area contributed by atoms with Gasteiger partial charge in [0.15, 0.2) is 5.78 Å². The minimum atomic E-state index is -0.532. The van der Waals surface area contributed by atoms with Crippen LogP contribution in [0.15, 0.2) is 41.5 Å². The Labute approximate surface area is 107 Å². The molecule has 0 saturated heterocycles. The summed E-state index contributed by atoms with van der Waals surface area (Å²) >= 11 is 0. The number of carbonyl (C=O) groups is 1. The lowest BCUT2D eigenvalue weighted by Gasteiger charge is -2.01. The van der Waals surface area contributed by atoms with Crippen LogP contribution < -0.4 is 5.69 Å². The van der Waals surface area contributed by atoms with Gasteiger partial charge in [-0.3, -0.25) is 19.5 Å². The average Bonchev–Trinajstić information content (AvgIpc) is 2.71. The first-order valence-electron chi connectivity index (χ1n) is 5.48. The van der Waals surface area contributed by atoms with E-state index < -0.39 is 4.92 Å². The molecule has 0 fully saturated rings. The second-order valence-electron chi connectivity index (χ2n) is 4.05. The summed E-state index contributed by atoms with van der Waals surface area (Å²) in [6, 6.07) is 5.30. The van der Waals surface area contributed by atoms with Crippen LogP contribution in [0.3, 0.4) is 0 Å². The summed E-state index contributed by atoms with van der Waals surface area (Å²) in [4.78, 5) is 33.4. The quantitative estimate of drug-likeness (QED) is 0.466. The molecule has 0 unspecified atom stereocenters. The van der Waals surface area contributed by atoms with Crippen molar-refractivity contribution in [2.24, 2.45) is 7.05 Å². The maximum Gasteiger partial charge on any atom is 0.328 e. The van der Waals surface area contributed by atoms with Gasteiger partial charge < -0.3 is 4.57 Å². The molecule has 0 amide bonds. The van der Waals surface area contributed by atoms with Gasteiger partial charge in [-0.1, -0.05) is 0 Å². The third-order valence-electron chi connectivity index (χ3n) is 2.73. The number of non-ortho nitro benzene ring substituents is 1. The summed E-state index contributed by atoms with van der Waals surface area (Å²) in [5.41, 5.74) is -0.0231. The summed E-state index contributed by atoms with van der Waals surface area (Å²) in [6.07, 6.45) is 3.08. The van der Waals surface area contributed by atoms with E-state index in [1.807, 2.05) is 0 Å². The number of aromatic nitrogens is 2. The Morgan fingerprint density at radius 3 is 2.37 bits per heavy atom. The maximum atomic E-state index is 11.9. The predicted octanol–water partition coefficient (Wildman–Crippen LogP) is 0.978. The van der Waals surface area contributed by atoms with Crippen LogP contribution in [0.4, 0.5) is 5.69 Å². The molecule has 2 rings (SSSR count). The molecule has 0 bridgehead atoms. The van der Waals surface area contributed by atoms with Crippen LogP contribution in [-0.2, 0) is 13.6 Å². The van der Waals surface area contributed by atoms with Gasteiger partial charge >= 0.3 is 5.69 Å². The lowest BCUT2D eigenvalue weighted by molar-refractivity contribution is -0.384. The van der Waals surface area contributed by atoms with E-state index >= 15 is 0 Å². The van der Waals surface area contributed by atoms with Gasteiger partial charge in [-0.25, -0.2) is 4.79 Å². The summed E-state index contributed by atoms with van der Waals surface area (Å²) in [5, 5.41) is 10.5. The number of Topliss-reactive ketones (excluding diaryl/α,β-unsaturated/α-hetero) is 1. The van der Waals surface area contributed by atoms with Gasteiger partial charge in [-0.2, -0.15) is 0 Å². The molecule has 1 heterocycles. The molecule has 0 aliphatic carbocycles. The number of nitro groups is 1. The second-order valence-corrected chi connectivity index (χ2v) is 4.05. The predicted molar refractivity (Wildman–Crippen MR) is 67.1 cm³/mol. The Morgan fingerprint density at radius 1 is 1.26 bits per heavy atom. The third-order valence-corrected chi connectivity index (χ3v) is 2.73. The first-order chi connectivity index (χ1) is 8.99. The average molecular weight is 261 g/mol. The van der Waals surface area contributed by atoms with Crippen molar-refractivity contribution in [1.29, 1.82) is 0 Å². The highest BCUT2D eigenvalue weighted by Crippen LogP contribution is 2.12. The maximum absolute atomic E-state index is 11.9. The molecule has 0 saturated carbocycles. The number of nitrogens with zero attached hydrogens (tertiary/aromatic N) is 3. The molecule has 19 heavy (non-hydrogen) atoms. The third kappa shape index (κ3) is 2.59. The molecular weight excluding hydrogens is 250 g/mol. The molecule has 7 nitrogen and oxygen atoms in total. The molecule has 0 spiro atoms. The van der Waals surface area contributed by atoms with Gasteiger partial charge in [0, 0.05) is 37.1 Å². The monoisotopic (exact) mass is 261 g/mol. The first kappa shape index (κ1) is 12.7. The normalized spacial score (nSPS) is 10.4. The number of carbonyl (C=O) groups excluding carboxylic acids is 1. The Hall–Kier alpha value is -2.70. The van der Waals surface area contributed by atoms with E-state index in [0.29, 0.717) is 5.56 Å². The van der Waals surface area contributed by atoms with Gasteiger partial charge in [0.1, 0.15) is 0 Å². The zero-order chi connectivity index (χ0) is 14.0. The van der Waals surface area contributed by atoms with E-state index in [0.717, 1.165) is 0 Å². The molecule has 1 aromatic heterocycles. The number of benzene rings is 1. The summed E-state index contributed by atoms with van der Waals surface area (Å²) in [5.74, 6) is -0.275. The van der Waals surface area contributed by atoms with Crippen molar-refractivity contribution < 1.29 is 9.72 Å². The molecule has 0 atom stereocenters. The topological polar surface area (TPSA) is 87.1 Å². The fourth-order valence-electron chi connectivity index (χ4n) is 1.65. The van der Waals surface area contributed by atoms with Crippen molar-refractivity contribution in [2.45, 2.75) is 6.54 Å². The molecule has 2 aromatic rings. The van der Waals surface area contributed by atoms with Crippen LogP contribution in [0.1, 0.15) is 10.4 Å². The second kappa shape index (κ2) is 4.89. The number of nitro benzene ring substituents is 1. The van der Waals surface area contributed by atoms with Crippen LogP contribution in [0.5, 0.6) is 0 Å². The van der Waals surface area contributed by atoms with Gasteiger partial charge in [-0.15, -0.1) is 0 Å². The Bertz CT molecular complexity index is 682. The molecule has 0 aliphatic heterocycles. The number of rotatable bonds is 4. The van der Waals surface area contributed by atoms with Gasteiger partial charge in [0.25, 0.3) is 5.69 Å². The van der Waals surface area contributed by atoms with Gasteiger partial charge in [-0.05, 0) is 12.1 Å². The largest absolute Gasteiger partial charge is 0.328 e. The summed E-state index contributed by atoms with van der Waals surface area (Å²) in [6.45, 7) is -0.0858. The SMILES string of the molecule is Cn1ccn(CC(=O)c2ccc([N+](=O)[O-])cc2)c1=O. The van der Waals surface area contributed by atoms with E-state index in [2.05, 4.69) is 0 Å². The molecule has 1 aromatic carbocycles. The van der Waals surface area contributed by atoms with E-state index in [1.54, 1.807) is 13.2 Å². The number of aryl methyl sites for hydroxylation is 1. The Kier molecular flexibility index (Phi) is 3.28. The smallest absolute Gasteiger partial charge is 0.302 e. The van der Waals surface area contributed by atoms with Gasteiger partial charge in [0.2, 0.25) is 0 Å². The van der Waals surface area contributed by atoms with Crippen LogP contribution in [0.25, 0.3) is 0 Å². The Morgan fingerprint density at radius 2 is 1.89 bits per heavy atom. The minimum Gasteiger partial charge on any atom is -0.302 e. The molecule has 0 N–H and O–H groups in total. The lowest BCUT2D eigenvalue weighted by Crippen LogP contribution is -2.25. The highest BCUT2D eigenvalue weighted by molar-refractivity contribution is 5.96. The molecule has 7 heteroatoms. The van der Waals surface area contributed by atoms with Crippen molar-refractivity contribution in [1.82, 2.24) is 9.13 Å². The number of ketones is 1. The zero-order valence-electron chi connectivity index (χ0n) is 10.1. The van der Waals surface area contributed by atoms with E-state index in [1.165, 1.54) is 39.6 Å². The fraction of sp³-hybridized carbons (Fsp3) is 0.167. The van der Waals surface area contributed by atoms with E-state index in [9.17, 15) is 19.7 Å².